The van der Waals surface area contributed by atoms with E-state index in [1.54, 1.807) is 0 Å². The molecule has 0 aromatic heterocycles. The highest BCUT2D eigenvalue weighted by atomic mass is 16.2. The van der Waals surface area contributed by atoms with Crippen LogP contribution < -0.4 is 21.7 Å². The first-order valence-electron chi connectivity index (χ1n) is 2.65. The second-order valence-electron chi connectivity index (χ2n) is 1.47. The van der Waals surface area contributed by atoms with Gasteiger partial charge in [-0.05, 0) is 0 Å². The van der Waals surface area contributed by atoms with Crippen LogP contribution in [-0.4, -0.2) is 25.8 Å². The van der Waals surface area contributed by atoms with E-state index in [2.05, 4.69) is 16.0 Å². The van der Waals surface area contributed by atoms with Crippen LogP contribution in [0.25, 0.3) is 0 Å². The lowest BCUT2D eigenvalue weighted by molar-refractivity contribution is 0.239. The molecule has 0 fully saturated rings. The van der Waals surface area contributed by atoms with Gasteiger partial charge in [0.25, 0.3) is 0 Å². The summed E-state index contributed by atoms with van der Waals surface area (Å²) in [5, 5.41) is 6.78. The molecule has 0 aliphatic heterocycles. The van der Waals surface area contributed by atoms with E-state index in [0.29, 0.717) is 0 Å². The second-order valence-corrected chi connectivity index (χ2v) is 1.47. The summed E-state index contributed by atoms with van der Waals surface area (Å²) in [6, 6.07) is -1.04. The molecule has 0 unspecified atom stereocenters. The molecule has 0 aliphatic rings. The van der Waals surface area contributed by atoms with E-state index in [0.717, 1.165) is 0 Å². The van der Waals surface area contributed by atoms with Crippen molar-refractivity contribution in [2.45, 2.75) is 0 Å². The average Bonchev–Trinajstić information content (AvgIpc) is 1.87. The van der Waals surface area contributed by atoms with Crippen LogP contribution in [0.5, 0.6) is 0 Å². The number of carbonyl (C=O) groups is 2. The molecule has 0 saturated heterocycles. The quantitative estimate of drug-likeness (QED) is 0.358. The molecule has 5 N–H and O–H groups in total. The third-order valence-electron chi connectivity index (χ3n) is 0.739. The monoisotopic (exact) mass is 146 g/mol. The van der Waals surface area contributed by atoms with Crippen LogP contribution in [-0.2, 0) is 0 Å². The predicted molar refractivity (Wildman–Crippen MR) is 35.2 cm³/mol. The molecule has 0 heterocycles. The lowest BCUT2D eigenvalue weighted by atomic mass is 10.8. The van der Waals surface area contributed by atoms with E-state index in [9.17, 15) is 9.59 Å². The minimum absolute atomic E-state index is 0.0367. The van der Waals surface area contributed by atoms with Crippen LogP contribution in [0.15, 0.2) is 0 Å². The van der Waals surface area contributed by atoms with Gasteiger partial charge in [0, 0.05) is 7.05 Å². The van der Waals surface area contributed by atoms with Crippen LogP contribution in [0, 0.1) is 0 Å². The molecule has 10 heavy (non-hydrogen) atoms. The third-order valence-corrected chi connectivity index (χ3v) is 0.739. The van der Waals surface area contributed by atoms with E-state index in [1.807, 2.05) is 0 Å². The second kappa shape index (κ2) is 4.42. The van der Waals surface area contributed by atoms with Gasteiger partial charge in [-0.3, -0.25) is 0 Å². The molecule has 0 aromatic carbocycles. The Morgan fingerprint density at radius 2 is 2.00 bits per heavy atom. The highest BCUT2D eigenvalue weighted by Gasteiger charge is 1.93. The van der Waals surface area contributed by atoms with E-state index < -0.39 is 6.03 Å². The Hall–Kier alpha value is -1.46. The van der Waals surface area contributed by atoms with Gasteiger partial charge < -0.3 is 21.7 Å². The van der Waals surface area contributed by atoms with Crippen molar-refractivity contribution in [2.75, 3.05) is 13.7 Å². The first-order chi connectivity index (χ1) is 4.66. The Bertz CT molecular complexity index is 135. The molecular weight excluding hydrogens is 136 g/mol. The van der Waals surface area contributed by atoms with E-state index in [1.165, 1.54) is 7.05 Å². The van der Waals surface area contributed by atoms with E-state index >= 15 is 0 Å². The molecule has 0 radical (unpaired) electrons. The number of nitrogens with two attached hydrogens (primary N) is 1. The predicted octanol–water partition coefficient (Wildman–Crippen LogP) is -1.46. The Balaban J connectivity index is 3.20. The summed E-state index contributed by atoms with van der Waals surface area (Å²) in [5.41, 5.74) is 4.70. The molecule has 6 nitrogen and oxygen atoms in total. The summed E-state index contributed by atoms with van der Waals surface area (Å²) in [6.07, 6.45) is 0. The molecule has 0 atom stereocenters. The van der Waals surface area contributed by atoms with Gasteiger partial charge in [-0.25, -0.2) is 9.59 Å². The van der Waals surface area contributed by atoms with Crippen molar-refractivity contribution in [3.63, 3.8) is 0 Å². The smallest absolute Gasteiger partial charge is 0.315 e. The summed E-state index contributed by atoms with van der Waals surface area (Å²) >= 11 is 0. The Morgan fingerprint density at radius 3 is 2.40 bits per heavy atom. The normalized spacial score (nSPS) is 8.10. The zero-order chi connectivity index (χ0) is 7.98. The van der Waals surface area contributed by atoms with Gasteiger partial charge in [0.15, 0.2) is 0 Å². The van der Waals surface area contributed by atoms with Crippen molar-refractivity contribution >= 4 is 12.1 Å². The number of urea groups is 2. The zero-order valence-corrected chi connectivity index (χ0v) is 5.60. The van der Waals surface area contributed by atoms with Crippen LogP contribution in [0.3, 0.4) is 0 Å². The molecule has 0 aliphatic carbocycles. The molecule has 0 spiro atoms. The molecule has 4 amide bonds. The summed E-state index contributed by atoms with van der Waals surface area (Å²) in [5.74, 6) is 0. The number of hydrogen-bond donors (Lipinski definition) is 4. The molecule has 0 saturated carbocycles. The fraction of sp³-hybridized carbons (Fsp3) is 0.500. The number of primary amides is 1. The number of nitrogens with one attached hydrogen (secondary N) is 3. The van der Waals surface area contributed by atoms with Gasteiger partial charge in [-0.15, -0.1) is 0 Å². The molecule has 58 valence electrons. The highest BCUT2D eigenvalue weighted by molar-refractivity contribution is 5.75. The average molecular weight is 146 g/mol. The van der Waals surface area contributed by atoms with Crippen LogP contribution in [0.4, 0.5) is 9.59 Å². The molecule has 6 heteroatoms. The zero-order valence-electron chi connectivity index (χ0n) is 5.60. The van der Waals surface area contributed by atoms with E-state index in [4.69, 9.17) is 5.73 Å². The summed E-state index contributed by atoms with van der Waals surface area (Å²) < 4.78 is 0. The topological polar surface area (TPSA) is 96.2 Å². The Labute approximate surface area is 58.1 Å². The highest BCUT2D eigenvalue weighted by Crippen LogP contribution is 1.57. The third kappa shape index (κ3) is 4.69. The Kier molecular flexibility index (Phi) is 3.78. The fourth-order valence-electron chi connectivity index (χ4n) is 0.300. The van der Waals surface area contributed by atoms with Crippen LogP contribution >= 0.6 is 0 Å². The van der Waals surface area contributed by atoms with Crippen LogP contribution in [0.2, 0.25) is 0 Å². The maximum atomic E-state index is 10.4. The van der Waals surface area contributed by atoms with Gasteiger partial charge in [-0.1, -0.05) is 0 Å². The number of carbonyl (C=O) groups excluding carboxylic acids is 2. The van der Waals surface area contributed by atoms with Gasteiger partial charge in [0.2, 0.25) is 0 Å². The van der Waals surface area contributed by atoms with Crippen molar-refractivity contribution in [1.82, 2.24) is 16.0 Å². The van der Waals surface area contributed by atoms with Crippen molar-refractivity contribution in [3.05, 3.63) is 0 Å². The first kappa shape index (κ1) is 8.54. The summed E-state index contributed by atoms with van der Waals surface area (Å²) in [7, 11) is 1.47. The lowest BCUT2D eigenvalue weighted by Gasteiger charge is -2.02. The number of rotatable bonds is 2. The van der Waals surface area contributed by atoms with Gasteiger partial charge in [-0.2, -0.15) is 0 Å². The number of amides is 4. The van der Waals surface area contributed by atoms with E-state index in [-0.39, 0.29) is 12.7 Å². The number of hydrogen-bond acceptors (Lipinski definition) is 2. The van der Waals surface area contributed by atoms with Gasteiger partial charge >= 0.3 is 12.1 Å². The van der Waals surface area contributed by atoms with Crippen molar-refractivity contribution < 1.29 is 9.59 Å². The maximum Gasteiger partial charge on any atom is 0.315 e. The first-order valence-corrected chi connectivity index (χ1v) is 2.65. The van der Waals surface area contributed by atoms with Crippen LogP contribution in [0.1, 0.15) is 0 Å². The summed E-state index contributed by atoms with van der Waals surface area (Å²) in [6.45, 7) is 0.0367. The summed E-state index contributed by atoms with van der Waals surface area (Å²) in [4.78, 5) is 20.4. The fourth-order valence-corrected chi connectivity index (χ4v) is 0.300. The molecular formula is C4H10N4O2. The largest absolute Gasteiger partial charge is 0.352 e. The minimum atomic E-state index is -0.670. The standard InChI is InChI=1S/C4H10N4O2/c1-6-4(10)8-2-7-3(5)9/h2H2,1H3,(H3,5,7,9)(H2,6,8,10). The maximum absolute atomic E-state index is 10.4. The van der Waals surface area contributed by atoms with Crippen molar-refractivity contribution in [2.24, 2.45) is 5.73 Å². The molecule has 0 bridgehead atoms. The Morgan fingerprint density at radius 1 is 1.40 bits per heavy atom. The van der Waals surface area contributed by atoms with Gasteiger partial charge in [0.1, 0.15) is 0 Å². The molecule has 0 aromatic rings. The minimum Gasteiger partial charge on any atom is -0.352 e. The SMILES string of the molecule is CNC(=O)NCNC(N)=O. The lowest BCUT2D eigenvalue weighted by Crippen LogP contribution is -2.43. The van der Waals surface area contributed by atoms with Crippen molar-refractivity contribution in [3.8, 4) is 0 Å². The molecule has 0 rings (SSSR count). The van der Waals surface area contributed by atoms with Crippen molar-refractivity contribution in [1.29, 1.82) is 0 Å². The van der Waals surface area contributed by atoms with Gasteiger partial charge in [0.05, 0.1) is 6.67 Å².